The average molecular weight is 372 g/mol. The molecule has 0 aromatic carbocycles. The molecule has 0 aliphatic heterocycles. The summed E-state index contributed by atoms with van der Waals surface area (Å²) in [4.78, 5) is 0. The Morgan fingerprint density at radius 3 is 1.76 bits per heavy atom. The molecule has 1 rings (SSSR count). The summed E-state index contributed by atoms with van der Waals surface area (Å²) in [6.07, 6.45) is 8.75. The molecule has 25 heavy (non-hydrogen) atoms. The third-order valence-electron chi connectivity index (χ3n) is 2.88. The van der Waals surface area contributed by atoms with E-state index in [1.807, 2.05) is 20.8 Å². The van der Waals surface area contributed by atoms with Gasteiger partial charge in [-0.2, -0.15) is 10.5 Å². The highest BCUT2D eigenvalue weighted by atomic mass is 28.4. The van der Waals surface area contributed by atoms with E-state index in [9.17, 15) is 0 Å². The normalized spacial score (nSPS) is 9.68. The molecule has 0 atom stereocenters. The molecule has 1 aromatic heterocycles. The van der Waals surface area contributed by atoms with Crippen LogP contribution in [-0.4, -0.2) is 33.2 Å². The molecule has 10 heteroatoms. The van der Waals surface area contributed by atoms with Crippen molar-refractivity contribution in [3.63, 3.8) is 0 Å². The number of nitrogens with zero attached hydrogens (tertiary/aromatic N) is 4. The van der Waals surface area contributed by atoms with Crippen LogP contribution < -0.4 is 16.0 Å². The predicted molar refractivity (Wildman–Crippen MR) is 95.3 cm³/mol. The quantitative estimate of drug-likeness (QED) is 0.267. The third kappa shape index (κ3) is 12.0. The lowest BCUT2D eigenvalue weighted by atomic mass is 10.7. The smallest absolute Gasteiger partial charge is 0.374 e. The van der Waals surface area contributed by atoms with Crippen molar-refractivity contribution in [3.05, 3.63) is 18.7 Å². The standard InChI is InChI=1S/C13H27N2O3Si.2CH2N2/c1-5-14-9-10-15(13-14)11-12-19(16-6-2,17-7-3)18-8-4;2*2-1-3/h9-10,13H,5-8,11-12H2,1-4H3;2*2H2/q+1;;. The highest BCUT2D eigenvalue weighted by Crippen LogP contribution is 2.15. The SMILES string of the molecule is CCO[Si](CC[n+]1ccn(CC)c1)(OCC)OCC.N#CN.N#CN. The molecule has 0 fully saturated rings. The Hall–Kier alpha value is -2.11. The van der Waals surface area contributed by atoms with Crippen LogP contribution in [0.4, 0.5) is 0 Å². The third-order valence-corrected chi connectivity index (χ3v) is 5.90. The fourth-order valence-corrected chi connectivity index (χ4v) is 4.56. The Balaban J connectivity index is 0. The first-order valence-corrected chi connectivity index (χ1v) is 10.1. The second-order valence-electron chi connectivity index (χ2n) is 4.47. The van der Waals surface area contributed by atoms with Gasteiger partial charge >= 0.3 is 8.80 Å². The Morgan fingerprint density at radius 2 is 1.44 bits per heavy atom. The van der Waals surface area contributed by atoms with Crippen molar-refractivity contribution >= 4 is 8.80 Å². The zero-order chi connectivity index (χ0) is 19.6. The average Bonchev–Trinajstić information content (AvgIpc) is 3.03. The van der Waals surface area contributed by atoms with E-state index in [0.29, 0.717) is 19.8 Å². The zero-order valence-corrected chi connectivity index (χ0v) is 16.6. The van der Waals surface area contributed by atoms with Crippen LogP contribution in [0.3, 0.4) is 0 Å². The first-order chi connectivity index (χ1) is 12.0. The van der Waals surface area contributed by atoms with Gasteiger partial charge in [-0.3, -0.25) is 0 Å². The number of hydrogen-bond donors (Lipinski definition) is 2. The summed E-state index contributed by atoms with van der Waals surface area (Å²) in [5.41, 5.74) is 8.31. The predicted octanol–water partition coefficient (Wildman–Crippen LogP) is 0.696. The molecule has 0 radical (unpaired) electrons. The van der Waals surface area contributed by atoms with Gasteiger partial charge in [0.15, 0.2) is 12.4 Å². The number of hydrogen-bond acceptors (Lipinski definition) is 7. The molecule has 0 bridgehead atoms. The number of rotatable bonds is 10. The van der Waals surface area contributed by atoms with Crippen molar-refractivity contribution in [1.29, 1.82) is 10.5 Å². The molecule has 142 valence electrons. The highest BCUT2D eigenvalue weighted by molar-refractivity contribution is 6.60. The van der Waals surface area contributed by atoms with Crippen LogP contribution in [0, 0.1) is 22.9 Å². The van der Waals surface area contributed by atoms with Gasteiger partial charge in [0.2, 0.25) is 6.33 Å². The second kappa shape index (κ2) is 16.7. The van der Waals surface area contributed by atoms with Crippen LogP contribution in [0.25, 0.3) is 0 Å². The maximum absolute atomic E-state index is 7.10. The van der Waals surface area contributed by atoms with Crippen molar-refractivity contribution in [2.24, 2.45) is 11.5 Å². The van der Waals surface area contributed by atoms with E-state index in [-0.39, 0.29) is 0 Å². The number of imidazole rings is 1. The molecule has 0 saturated carbocycles. The van der Waals surface area contributed by atoms with Gasteiger partial charge in [0, 0.05) is 19.8 Å². The van der Waals surface area contributed by atoms with Crippen molar-refractivity contribution in [1.82, 2.24) is 4.57 Å². The van der Waals surface area contributed by atoms with E-state index in [1.54, 1.807) is 0 Å². The first kappa shape index (κ1) is 25.1. The van der Waals surface area contributed by atoms with Gasteiger partial charge in [0.25, 0.3) is 0 Å². The number of nitriles is 2. The molecule has 0 spiro atoms. The molecular formula is C15H31N6O3Si+. The molecule has 9 nitrogen and oxygen atoms in total. The second-order valence-corrected chi connectivity index (χ2v) is 7.20. The maximum Gasteiger partial charge on any atom is 0.504 e. The summed E-state index contributed by atoms with van der Waals surface area (Å²) in [7, 11) is -2.51. The molecule has 0 saturated heterocycles. The van der Waals surface area contributed by atoms with Crippen LogP contribution in [-0.2, 0) is 26.4 Å². The Kier molecular flexibility index (Phi) is 16.8. The minimum Gasteiger partial charge on any atom is -0.374 e. The van der Waals surface area contributed by atoms with Gasteiger partial charge in [0.1, 0.15) is 12.4 Å². The lowest BCUT2D eigenvalue weighted by Gasteiger charge is -2.27. The van der Waals surface area contributed by atoms with Gasteiger partial charge in [-0.25, -0.2) is 9.13 Å². The van der Waals surface area contributed by atoms with Crippen LogP contribution in [0.5, 0.6) is 0 Å². The molecule has 0 amide bonds. The van der Waals surface area contributed by atoms with Crippen molar-refractivity contribution < 1.29 is 17.8 Å². The van der Waals surface area contributed by atoms with Gasteiger partial charge < -0.3 is 24.7 Å². The van der Waals surface area contributed by atoms with E-state index < -0.39 is 8.80 Å². The zero-order valence-electron chi connectivity index (χ0n) is 15.6. The molecule has 1 heterocycles. The van der Waals surface area contributed by atoms with Crippen LogP contribution in [0.1, 0.15) is 27.7 Å². The number of aromatic nitrogens is 2. The van der Waals surface area contributed by atoms with Crippen molar-refractivity contribution in [3.8, 4) is 12.4 Å². The summed E-state index contributed by atoms with van der Waals surface area (Å²) >= 11 is 0. The molecule has 1 aromatic rings. The van der Waals surface area contributed by atoms with Crippen molar-refractivity contribution in [2.75, 3.05) is 19.8 Å². The van der Waals surface area contributed by atoms with Crippen LogP contribution >= 0.6 is 0 Å². The lowest BCUT2D eigenvalue weighted by Crippen LogP contribution is -2.49. The minimum absolute atomic E-state index is 0.632. The van der Waals surface area contributed by atoms with Gasteiger partial charge in [-0.1, -0.05) is 0 Å². The van der Waals surface area contributed by atoms with Crippen molar-refractivity contribution in [2.45, 2.75) is 46.8 Å². The Bertz CT molecular complexity index is 483. The van der Waals surface area contributed by atoms with E-state index in [1.165, 1.54) is 12.4 Å². The topological polar surface area (TPSA) is 136 Å². The largest absolute Gasteiger partial charge is 0.504 e. The Labute approximate surface area is 151 Å². The summed E-state index contributed by atoms with van der Waals surface area (Å²) in [6.45, 7) is 11.8. The minimum atomic E-state index is -2.51. The summed E-state index contributed by atoms with van der Waals surface area (Å²) < 4.78 is 21.8. The molecule has 0 unspecified atom stereocenters. The maximum atomic E-state index is 7.10. The number of nitrogens with two attached hydrogens (primary N) is 2. The van der Waals surface area contributed by atoms with E-state index in [0.717, 1.165) is 19.1 Å². The molecule has 0 aliphatic rings. The summed E-state index contributed by atoms with van der Waals surface area (Å²) in [5.74, 6) is 0. The van der Waals surface area contributed by atoms with Gasteiger partial charge in [-0.15, -0.1) is 0 Å². The number of aryl methyl sites for hydroxylation is 2. The fourth-order valence-electron chi connectivity index (χ4n) is 2.03. The van der Waals surface area contributed by atoms with Crippen LogP contribution in [0.2, 0.25) is 6.04 Å². The first-order valence-electron chi connectivity index (χ1n) is 8.18. The summed E-state index contributed by atoms with van der Waals surface area (Å²) in [5, 5.41) is 14.2. The van der Waals surface area contributed by atoms with Gasteiger partial charge in [0.05, 0.1) is 19.1 Å². The summed E-state index contributed by atoms with van der Waals surface area (Å²) in [6, 6.07) is 0.806. The fraction of sp³-hybridized carbons (Fsp3) is 0.667. The Morgan fingerprint density at radius 1 is 1.00 bits per heavy atom. The monoisotopic (exact) mass is 371 g/mol. The van der Waals surface area contributed by atoms with E-state index in [4.69, 9.17) is 23.8 Å². The molecule has 0 aliphatic carbocycles. The molecule has 4 N–H and O–H groups in total. The molecular weight excluding hydrogens is 340 g/mol. The van der Waals surface area contributed by atoms with Crippen LogP contribution in [0.15, 0.2) is 18.7 Å². The van der Waals surface area contributed by atoms with E-state index in [2.05, 4.69) is 46.2 Å². The lowest BCUT2D eigenvalue weighted by molar-refractivity contribution is -0.693. The van der Waals surface area contributed by atoms with Gasteiger partial charge in [-0.05, 0) is 27.7 Å². The van der Waals surface area contributed by atoms with E-state index >= 15 is 0 Å². The highest BCUT2D eigenvalue weighted by Gasteiger charge is 2.40.